The van der Waals surface area contributed by atoms with E-state index in [-0.39, 0.29) is 11.7 Å². The fourth-order valence-electron chi connectivity index (χ4n) is 1.21. The van der Waals surface area contributed by atoms with Crippen LogP contribution in [0.2, 0.25) is 0 Å². The first-order valence-corrected chi connectivity index (χ1v) is 4.83. The van der Waals surface area contributed by atoms with Gasteiger partial charge in [-0.25, -0.2) is 0 Å². The Morgan fingerprint density at radius 2 is 2.00 bits per heavy atom. The summed E-state index contributed by atoms with van der Waals surface area (Å²) in [4.78, 5) is 10.4. The Balaban J connectivity index is 2.65. The number of carbonyl (C=O) groups is 1. The summed E-state index contributed by atoms with van der Waals surface area (Å²) in [7, 11) is 0. The Hall–Kier alpha value is -1.00. The number of benzene rings is 1. The van der Waals surface area contributed by atoms with Crippen LogP contribution in [0, 0.1) is 0 Å². The second-order valence-corrected chi connectivity index (χ2v) is 3.67. The standard InChI is InChI=1S/C10H13NO2S/c11-8(6-9(12)13)10(14)7-4-2-1-3-5-7/h1-5,8,10,14H,6,11H2,(H,12,13). The highest BCUT2D eigenvalue weighted by Crippen LogP contribution is 2.23. The molecule has 76 valence electrons. The van der Waals surface area contributed by atoms with Gasteiger partial charge in [0.15, 0.2) is 0 Å². The predicted octanol–water partition coefficient (Wildman–Crippen LogP) is 1.46. The number of thiol groups is 1. The molecule has 0 amide bonds. The number of aliphatic carboxylic acids is 1. The van der Waals surface area contributed by atoms with E-state index in [9.17, 15) is 4.79 Å². The number of hydrogen-bond acceptors (Lipinski definition) is 3. The first-order chi connectivity index (χ1) is 6.61. The van der Waals surface area contributed by atoms with Crippen molar-refractivity contribution in [2.75, 3.05) is 0 Å². The van der Waals surface area contributed by atoms with E-state index < -0.39 is 12.0 Å². The summed E-state index contributed by atoms with van der Waals surface area (Å²) in [6, 6.07) is 8.97. The molecule has 0 aliphatic rings. The van der Waals surface area contributed by atoms with Gasteiger partial charge in [0.2, 0.25) is 0 Å². The van der Waals surface area contributed by atoms with Crippen molar-refractivity contribution >= 4 is 18.6 Å². The van der Waals surface area contributed by atoms with Gasteiger partial charge < -0.3 is 10.8 Å². The predicted molar refractivity (Wildman–Crippen MR) is 58.4 cm³/mol. The van der Waals surface area contributed by atoms with Gasteiger partial charge in [-0.05, 0) is 5.56 Å². The van der Waals surface area contributed by atoms with E-state index >= 15 is 0 Å². The lowest BCUT2D eigenvalue weighted by atomic mass is 10.0. The monoisotopic (exact) mass is 211 g/mol. The van der Waals surface area contributed by atoms with Gasteiger partial charge in [0.05, 0.1) is 6.42 Å². The molecule has 1 aromatic carbocycles. The lowest BCUT2D eigenvalue weighted by Crippen LogP contribution is -2.28. The van der Waals surface area contributed by atoms with Crippen molar-refractivity contribution in [1.29, 1.82) is 0 Å². The molecule has 0 spiro atoms. The number of hydrogen-bond donors (Lipinski definition) is 3. The van der Waals surface area contributed by atoms with Crippen LogP contribution in [-0.4, -0.2) is 17.1 Å². The summed E-state index contributed by atoms with van der Waals surface area (Å²) in [6.07, 6.45) is -0.0664. The van der Waals surface area contributed by atoms with Crippen LogP contribution in [0.1, 0.15) is 17.2 Å². The van der Waals surface area contributed by atoms with Crippen molar-refractivity contribution in [1.82, 2.24) is 0 Å². The van der Waals surface area contributed by atoms with Crippen LogP contribution in [-0.2, 0) is 4.79 Å². The number of rotatable bonds is 4. The zero-order valence-corrected chi connectivity index (χ0v) is 8.52. The molecule has 0 radical (unpaired) electrons. The van der Waals surface area contributed by atoms with Gasteiger partial charge in [-0.1, -0.05) is 30.3 Å². The first-order valence-electron chi connectivity index (χ1n) is 4.31. The van der Waals surface area contributed by atoms with Crippen LogP contribution < -0.4 is 5.73 Å². The summed E-state index contributed by atoms with van der Waals surface area (Å²) in [5.74, 6) is -0.896. The van der Waals surface area contributed by atoms with E-state index in [4.69, 9.17) is 10.8 Å². The average Bonchev–Trinajstić information content (AvgIpc) is 2.17. The third kappa shape index (κ3) is 3.05. The molecule has 1 rings (SSSR count). The van der Waals surface area contributed by atoms with Crippen molar-refractivity contribution in [3.8, 4) is 0 Å². The third-order valence-electron chi connectivity index (χ3n) is 1.96. The zero-order chi connectivity index (χ0) is 10.6. The molecular weight excluding hydrogens is 198 g/mol. The van der Waals surface area contributed by atoms with Crippen molar-refractivity contribution in [2.45, 2.75) is 17.7 Å². The summed E-state index contributed by atoms with van der Waals surface area (Å²) in [6.45, 7) is 0. The Morgan fingerprint density at radius 3 is 2.50 bits per heavy atom. The van der Waals surface area contributed by atoms with Gasteiger partial charge in [-0.3, -0.25) is 4.79 Å². The van der Waals surface area contributed by atoms with Crippen molar-refractivity contribution in [2.24, 2.45) is 5.73 Å². The number of carboxylic acids is 1. The Morgan fingerprint density at radius 1 is 1.43 bits per heavy atom. The average molecular weight is 211 g/mol. The molecule has 0 fully saturated rings. The Bertz CT molecular complexity index is 302. The van der Waals surface area contributed by atoms with Crippen LogP contribution in [0.25, 0.3) is 0 Å². The van der Waals surface area contributed by atoms with Crippen LogP contribution in [0.15, 0.2) is 30.3 Å². The molecule has 1 aromatic rings. The molecule has 0 aromatic heterocycles. The van der Waals surface area contributed by atoms with Crippen molar-refractivity contribution in [3.63, 3.8) is 0 Å². The van der Waals surface area contributed by atoms with E-state index in [1.807, 2.05) is 30.3 Å². The zero-order valence-electron chi connectivity index (χ0n) is 7.63. The first kappa shape index (κ1) is 11.1. The van der Waals surface area contributed by atoms with Gasteiger partial charge in [0.1, 0.15) is 0 Å². The second kappa shape index (κ2) is 5.02. The fraction of sp³-hybridized carbons (Fsp3) is 0.300. The molecule has 2 unspecified atom stereocenters. The maximum Gasteiger partial charge on any atom is 0.304 e. The molecule has 3 nitrogen and oxygen atoms in total. The van der Waals surface area contributed by atoms with E-state index in [1.165, 1.54) is 0 Å². The summed E-state index contributed by atoms with van der Waals surface area (Å²) in [5.41, 5.74) is 6.64. The van der Waals surface area contributed by atoms with E-state index in [2.05, 4.69) is 12.6 Å². The second-order valence-electron chi connectivity index (χ2n) is 3.12. The molecule has 0 saturated carbocycles. The number of carboxylic acid groups (broad SMARTS) is 1. The minimum atomic E-state index is -0.896. The van der Waals surface area contributed by atoms with Crippen molar-refractivity contribution in [3.05, 3.63) is 35.9 Å². The Labute approximate surface area is 88.3 Å². The van der Waals surface area contributed by atoms with E-state index in [1.54, 1.807) is 0 Å². The minimum absolute atomic E-state index is 0.0664. The molecule has 2 atom stereocenters. The largest absolute Gasteiger partial charge is 0.481 e. The highest BCUT2D eigenvalue weighted by molar-refractivity contribution is 7.80. The third-order valence-corrected chi connectivity index (χ3v) is 2.64. The molecule has 4 heteroatoms. The van der Waals surface area contributed by atoms with Crippen LogP contribution in [0.3, 0.4) is 0 Å². The molecule has 0 saturated heterocycles. The van der Waals surface area contributed by atoms with Crippen LogP contribution >= 0.6 is 12.6 Å². The fourth-order valence-corrected chi connectivity index (χ4v) is 1.49. The maximum atomic E-state index is 10.4. The summed E-state index contributed by atoms with van der Waals surface area (Å²) >= 11 is 4.30. The maximum absolute atomic E-state index is 10.4. The molecule has 3 N–H and O–H groups in total. The number of nitrogens with two attached hydrogens (primary N) is 1. The van der Waals surface area contributed by atoms with Gasteiger partial charge in [0, 0.05) is 11.3 Å². The smallest absolute Gasteiger partial charge is 0.304 e. The Kier molecular flexibility index (Phi) is 3.98. The SMILES string of the molecule is NC(CC(=O)O)C(S)c1ccccc1. The highest BCUT2D eigenvalue weighted by atomic mass is 32.1. The van der Waals surface area contributed by atoms with Gasteiger partial charge >= 0.3 is 5.97 Å². The molecule has 14 heavy (non-hydrogen) atoms. The highest BCUT2D eigenvalue weighted by Gasteiger charge is 2.18. The lowest BCUT2D eigenvalue weighted by molar-refractivity contribution is -0.137. The molecular formula is C10H13NO2S. The van der Waals surface area contributed by atoms with Gasteiger partial charge in [0.25, 0.3) is 0 Å². The van der Waals surface area contributed by atoms with Gasteiger partial charge in [-0.15, -0.1) is 0 Å². The van der Waals surface area contributed by atoms with Crippen LogP contribution in [0.4, 0.5) is 0 Å². The van der Waals surface area contributed by atoms with Crippen LogP contribution in [0.5, 0.6) is 0 Å². The molecule has 0 aliphatic heterocycles. The van der Waals surface area contributed by atoms with E-state index in [0.29, 0.717) is 0 Å². The summed E-state index contributed by atoms with van der Waals surface area (Å²) in [5, 5.41) is 8.34. The molecule has 0 bridgehead atoms. The summed E-state index contributed by atoms with van der Waals surface area (Å²) < 4.78 is 0. The topological polar surface area (TPSA) is 63.3 Å². The van der Waals surface area contributed by atoms with Crippen molar-refractivity contribution < 1.29 is 9.90 Å². The normalized spacial score (nSPS) is 14.7. The quantitative estimate of drug-likeness (QED) is 0.661. The van der Waals surface area contributed by atoms with Gasteiger partial charge in [-0.2, -0.15) is 12.6 Å². The molecule has 0 aliphatic carbocycles. The van der Waals surface area contributed by atoms with E-state index in [0.717, 1.165) is 5.56 Å². The molecule has 0 heterocycles. The minimum Gasteiger partial charge on any atom is -0.481 e. The lowest BCUT2D eigenvalue weighted by Gasteiger charge is -2.17.